The number of benzene rings is 2. The topological polar surface area (TPSA) is 77.5 Å². The predicted molar refractivity (Wildman–Crippen MR) is 116 cm³/mol. The van der Waals surface area contributed by atoms with E-state index in [1.165, 1.54) is 5.56 Å². The number of nitrogens with two attached hydrogens (primary N) is 1. The van der Waals surface area contributed by atoms with E-state index < -0.39 is 0 Å². The maximum atomic E-state index is 11.7. The molecule has 0 fully saturated rings. The van der Waals surface area contributed by atoms with Crippen molar-refractivity contribution in [2.75, 3.05) is 6.61 Å². The number of fused-ring (bicyclic) bond motifs is 1. The number of hydrogen-bond donors (Lipinski definition) is 2. The molecule has 0 radical (unpaired) electrons. The Morgan fingerprint density at radius 3 is 2.59 bits per heavy atom. The van der Waals surface area contributed by atoms with Gasteiger partial charge in [-0.15, -0.1) is 0 Å². The van der Waals surface area contributed by atoms with Gasteiger partial charge in [0.15, 0.2) is 0 Å². The van der Waals surface area contributed by atoms with Gasteiger partial charge < -0.3 is 20.1 Å². The minimum atomic E-state index is -0.350. The summed E-state index contributed by atoms with van der Waals surface area (Å²) in [4.78, 5) is 11.7. The van der Waals surface area contributed by atoms with Gasteiger partial charge in [0, 0.05) is 24.0 Å². The monoisotopic (exact) mass is 392 g/mol. The summed E-state index contributed by atoms with van der Waals surface area (Å²) in [5, 5.41) is 10.2. The second-order valence-electron chi connectivity index (χ2n) is 7.43. The van der Waals surface area contributed by atoms with E-state index in [4.69, 9.17) is 10.5 Å². The molecule has 5 heteroatoms. The van der Waals surface area contributed by atoms with Crippen molar-refractivity contribution in [3.63, 3.8) is 0 Å². The van der Waals surface area contributed by atoms with Gasteiger partial charge in [0.25, 0.3) is 0 Å². The van der Waals surface area contributed by atoms with Crippen LogP contribution < -0.4 is 10.5 Å². The van der Waals surface area contributed by atoms with E-state index in [1.807, 2.05) is 37.3 Å². The quantitative estimate of drug-likeness (QED) is 0.414. The SMILES string of the molecule is C=C(O)CCCOc1cc(C)c2c(c1)c(CC(N)=O)c(C)n2Cc1ccccc1. The number of carbonyl (C=O) groups excluding carboxylic acids is 1. The number of carbonyl (C=O) groups is 1. The Hall–Kier alpha value is -3.21. The zero-order chi connectivity index (χ0) is 21.0. The maximum Gasteiger partial charge on any atom is 0.221 e. The molecule has 3 rings (SSSR count). The number of aliphatic hydroxyl groups excluding tert-OH is 1. The zero-order valence-electron chi connectivity index (χ0n) is 17.1. The highest BCUT2D eigenvalue weighted by atomic mass is 16.5. The van der Waals surface area contributed by atoms with Gasteiger partial charge in [-0.25, -0.2) is 0 Å². The van der Waals surface area contributed by atoms with Crippen LogP contribution >= 0.6 is 0 Å². The standard InChI is InChI=1S/C24H28N2O3/c1-16-12-20(29-11-7-8-17(2)27)13-22-21(14-23(25)28)18(3)26(24(16)22)15-19-9-5-4-6-10-19/h4-6,9-10,12-13,27H,2,7-8,11,14-15H2,1,3H3,(H2,25,28). The molecule has 0 bridgehead atoms. The molecule has 0 saturated carbocycles. The summed E-state index contributed by atoms with van der Waals surface area (Å²) < 4.78 is 8.14. The van der Waals surface area contributed by atoms with Gasteiger partial charge in [-0.05, 0) is 49.1 Å². The van der Waals surface area contributed by atoms with Gasteiger partial charge in [-0.1, -0.05) is 36.9 Å². The molecule has 1 heterocycles. The average Bonchev–Trinajstić information content (AvgIpc) is 2.92. The summed E-state index contributed by atoms with van der Waals surface area (Å²) in [5.74, 6) is 0.566. The molecule has 5 nitrogen and oxygen atoms in total. The third-order valence-electron chi connectivity index (χ3n) is 5.12. The van der Waals surface area contributed by atoms with Crippen molar-refractivity contribution < 1.29 is 14.6 Å². The van der Waals surface area contributed by atoms with Gasteiger partial charge in [0.05, 0.1) is 24.3 Å². The molecule has 1 aromatic heterocycles. The van der Waals surface area contributed by atoms with Crippen LogP contribution in [0.1, 0.15) is 35.2 Å². The second-order valence-corrected chi connectivity index (χ2v) is 7.43. The average molecular weight is 392 g/mol. The molecular weight excluding hydrogens is 364 g/mol. The van der Waals surface area contributed by atoms with E-state index in [0.29, 0.717) is 19.4 Å². The molecule has 152 valence electrons. The van der Waals surface area contributed by atoms with Crippen LogP contribution in [-0.4, -0.2) is 22.2 Å². The second kappa shape index (κ2) is 8.86. The number of hydrogen-bond acceptors (Lipinski definition) is 3. The molecule has 2 aromatic carbocycles. The molecule has 3 N–H and O–H groups in total. The lowest BCUT2D eigenvalue weighted by molar-refractivity contribution is -0.117. The van der Waals surface area contributed by atoms with Crippen LogP contribution in [0.25, 0.3) is 10.9 Å². The van der Waals surface area contributed by atoms with Gasteiger partial charge in [-0.2, -0.15) is 0 Å². The Labute approximate surface area is 171 Å². The van der Waals surface area contributed by atoms with Crippen molar-refractivity contribution >= 4 is 16.8 Å². The molecule has 0 unspecified atom stereocenters. The van der Waals surface area contributed by atoms with Crippen molar-refractivity contribution in [3.8, 4) is 5.75 Å². The first-order valence-corrected chi connectivity index (χ1v) is 9.81. The van der Waals surface area contributed by atoms with Crippen molar-refractivity contribution in [1.29, 1.82) is 0 Å². The van der Waals surface area contributed by atoms with E-state index in [9.17, 15) is 9.90 Å². The van der Waals surface area contributed by atoms with Gasteiger partial charge in [-0.3, -0.25) is 4.79 Å². The molecule has 0 atom stereocenters. The number of aryl methyl sites for hydroxylation is 1. The highest BCUT2D eigenvalue weighted by molar-refractivity contribution is 5.93. The van der Waals surface area contributed by atoms with E-state index >= 15 is 0 Å². The molecule has 0 aliphatic rings. The summed E-state index contributed by atoms with van der Waals surface area (Å²) in [6.45, 7) is 8.79. The maximum absolute atomic E-state index is 11.7. The van der Waals surface area contributed by atoms with Crippen molar-refractivity contribution in [2.45, 2.75) is 39.7 Å². The highest BCUT2D eigenvalue weighted by Gasteiger charge is 2.18. The van der Waals surface area contributed by atoms with Crippen LogP contribution in [0.2, 0.25) is 0 Å². The largest absolute Gasteiger partial charge is 0.513 e. The van der Waals surface area contributed by atoms with E-state index in [1.54, 1.807) is 0 Å². The Kier molecular flexibility index (Phi) is 6.27. The first-order chi connectivity index (χ1) is 13.9. The number of rotatable bonds is 9. The molecule has 29 heavy (non-hydrogen) atoms. The van der Waals surface area contributed by atoms with Crippen molar-refractivity contribution in [3.05, 3.63) is 77.2 Å². The van der Waals surface area contributed by atoms with E-state index in [2.05, 4.69) is 30.2 Å². The number of primary amides is 1. The molecule has 1 amide bonds. The Bertz CT molecular complexity index is 1040. The third kappa shape index (κ3) is 4.80. The zero-order valence-corrected chi connectivity index (χ0v) is 17.1. The summed E-state index contributed by atoms with van der Waals surface area (Å²) in [6.07, 6.45) is 1.40. The Morgan fingerprint density at radius 2 is 1.93 bits per heavy atom. The lowest BCUT2D eigenvalue weighted by Crippen LogP contribution is -2.14. The third-order valence-corrected chi connectivity index (χ3v) is 5.12. The van der Waals surface area contributed by atoms with Crippen LogP contribution in [0, 0.1) is 13.8 Å². The molecule has 0 spiro atoms. The van der Waals surface area contributed by atoms with Gasteiger partial charge in [0.2, 0.25) is 5.91 Å². The summed E-state index contributed by atoms with van der Waals surface area (Å²) in [5.41, 5.74) is 10.9. The van der Waals surface area contributed by atoms with Crippen LogP contribution in [0.5, 0.6) is 5.75 Å². The fourth-order valence-corrected chi connectivity index (χ4v) is 3.77. The van der Waals surface area contributed by atoms with Gasteiger partial charge >= 0.3 is 0 Å². The van der Waals surface area contributed by atoms with Crippen LogP contribution in [-0.2, 0) is 17.8 Å². The highest BCUT2D eigenvalue weighted by Crippen LogP contribution is 2.33. The molecule has 3 aromatic rings. The smallest absolute Gasteiger partial charge is 0.221 e. The molecular formula is C24H28N2O3. The number of nitrogens with zero attached hydrogens (tertiary/aromatic N) is 1. The minimum Gasteiger partial charge on any atom is -0.513 e. The molecule has 0 aliphatic carbocycles. The lowest BCUT2D eigenvalue weighted by Gasteiger charge is -2.12. The summed E-state index contributed by atoms with van der Waals surface area (Å²) in [7, 11) is 0. The fourth-order valence-electron chi connectivity index (χ4n) is 3.77. The van der Waals surface area contributed by atoms with Crippen molar-refractivity contribution in [2.24, 2.45) is 5.73 Å². The normalized spacial score (nSPS) is 11.0. The molecule has 0 aliphatic heterocycles. The minimum absolute atomic E-state index is 0.164. The number of aromatic nitrogens is 1. The number of allylic oxidation sites excluding steroid dienone is 1. The van der Waals surface area contributed by atoms with Gasteiger partial charge in [0.1, 0.15) is 5.75 Å². The van der Waals surface area contributed by atoms with Crippen LogP contribution in [0.3, 0.4) is 0 Å². The number of amides is 1. The number of aliphatic hydroxyl groups is 1. The predicted octanol–water partition coefficient (Wildman–Crippen LogP) is 4.56. The number of ether oxygens (including phenoxy) is 1. The fraction of sp³-hybridized carbons (Fsp3) is 0.292. The van der Waals surface area contributed by atoms with Crippen LogP contribution in [0.4, 0.5) is 0 Å². The van der Waals surface area contributed by atoms with E-state index in [-0.39, 0.29) is 18.1 Å². The first kappa shape index (κ1) is 20.5. The summed E-state index contributed by atoms with van der Waals surface area (Å²) in [6, 6.07) is 14.3. The Balaban J connectivity index is 2.01. The Morgan fingerprint density at radius 1 is 1.21 bits per heavy atom. The first-order valence-electron chi connectivity index (χ1n) is 9.81. The van der Waals surface area contributed by atoms with Crippen molar-refractivity contribution in [1.82, 2.24) is 4.57 Å². The molecule has 0 saturated heterocycles. The van der Waals surface area contributed by atoms with Crippen LogP contribution in [0.15, 0.2) is 54.8 Å². The summed E-state index contributed by atoms with van der Waals surface area (Å²) >= 11 is 0. The lowest BCUT2D eigenvalue weighted by atomic mass is 10.0. The van der Waals surface area contributed by atoms with E-state index in [0.717, 1.165) is 40.0 Å².